The molecule has 2 aromatic rings. The zero-order valence-corrected chi connectivity index (χ0v) is 14.8. The zero-order valence-electron chi connectivity index (χ0n) is 12.5. The highest BCUT2D eigenvalue weighted by Crippen LogP contribution is 2.25. The summed E-state index contributed by atoms with van der Waals surface area (Å²) < 4.78 is 32.9. The molecular formula is C16H17Cl2NO3S. The van der Waals surface area contributed by atoms with E-state index in [0.29, 0.717) is 11.4 Å². The van der Waals surface area contributed by atoms with Crippen molar-refractivity contribution in [3.63, 3.8) is 0 Å². The predicted molar refractivity (Wildman–Crippen MR) is 92.6 cm³/mol. The third-order valence-corrected chi connectivity index (χ3v) is 5.44. The maximum Gasteiger partial charge on any atom is 0.242 e. The van der Waals surface area contributed by atoms with Gasteiger partial charge in [0.05, 0.1) is 11.6 Å². The van der Waals surface area contributed by atoms with E-state index in [1.54, 1.807) is 0 Å². The van der Waals surface area contributed by atoms with Crippen LogP contribution >= 0.6 is 23.2 Å². The van der Waals surface area contributed by atoms with Gasteiger partial charge in [-0.05, 0) is 30.2 Å². The van der Waals surface area contributed by atoms with Crippen molar-refractivity contribution in [2.75, 3.05) is 13.7 Å². The van der Waals surface area contributed by atoms with Crippen LogP contribution in [0, 0.1) is 0 Å². The second-order valence-electron chi connectivity index (χ2n) is 5.04. The van der Waals surface area contributed by atoms with Gasteiger partial charge in [0, 0.05) is 18.2 Å². The molecule has 0 radical (unpaired) electrons. The smallest absolute Gasteiger partial charge is 0.242 e. The largest absolute Gasteiger partial charge is 0.383 e. The summed E-state index contributed by atoms with van der Waals surface area (Å²) in [7, 11) is -2.24. The molecule has 1 N–H and O–H groups in total. The van der Waals surface area contributed by atoms with Crippen molar-refractivity contribution in [3.8, 4) is 0 Å². The molecule has 2 rings (SSSR count). The summed E-state index contributed by atoms with van der Waals surface area (Å²) in [5.74, 6) is 0. The van der Waals surface area contributed by atoms with Crippen molar-refractivity contribution >= 4 is 33.2 Å². The molecule has 0 aliphatic rings. The van der Waals surface area contributed by atoms with E-state index in [1.165, 1.54) is 25.3 Å². The molecule has 0 fully saturated rings. The molecule has 0 amide bonds. The number of methoxy groups -OCH3 is 1. The molecule has 0 saturated carbocycles. The van der Waals surface area contributed by atoms with Gasteiger partial charge in [-0.2, -0.15) is 0 Å². The maximum atomic E-state index is 12.5. The molecule has 0 aromatic heterocycles. The fraction of sp³-hybridized carbons (Fsp3) is 0.250. The Morgan fingerprint density at radius 2 is 1.83 bits per heavy atom. The molecule has 0 bridgehead atoms. The average Bonchev–Trinajstić information content (AvgIpc) is 2.47. The van der Waals surface area contributed by atoms with Crippen molar-refractivity contribution < 1.29 is 13.2 Å². The van der Waals surface area contributed by atoms with Crippen LogP contribution in [0.3, 0.4) is 0 Å². The van der Waals surface area contributed by atoms with Crippen LogP contribution in [0.1, 0.15) is 5.56 Å². The summed E-state index contributed by atoms with van der Waals surface area (Å²) in [6, 6.07) is 13.5. The summed E-state index contributed by atoms with van der Waals surface area (Å²) in [6.07, 6.45) is 0.513. The molecule has 0 aliphatic carbocycles. The first-order valence-corrected chi connectivity index (χ1v) is 9.16. The predicted octanol–water partition coefficient (Wildman–Crippen LogP) is 3.53. The Morgan fingerprint density at radius 1 is 1.13 bits per heavy atom. The van der Waals surface area contributed by atoms with E-state index in [1.807, 2.05) is 30.3 Å². The lowest BCUT2D eigenvalue weighted by molar-refractivity contribution is 0.174. The number of ether oxygens (including phenoxy) is 1. The van der Waals surface area contributed by atoms with Gasteiger partial charge in [-0.15, -0.1) is 0 Å². The van der Waals surface area contributed by atoms with Crippen LogP contribution in [0.2, 0.25) is 10.0 Å². The molecule has 23 heavy (non-hydrogen) atoms. The zero-order chi connectivity index (χ0) is 16.9. The van der Waals surface area contributed by atoms with Crippen LogP contribution < -0.4 is 4.72 Å². The Hall–Kier alpha value is -1.11. The van der Waals surface area contributed by atoms with Crippen LogP contribution in [0.25, 0.3) is 0 Å². The molecule has 1 unspecified atom stereocenters. The molecule has 2 aromatic carbocycles. The van der Waals surface area contributed by atoms with Crippen molar-refractivity contribution in [1.82, 2.24) is 4.72 Å². The van der Waals surface area contributed by atoms with Crippen molar-refractivity contribution in [1.29, 1.82) is 0 Å². The van der Waals surface area contributed by atoms with E-state index < -0.39 is 16.1 Å². The lowest BCUT2D eigenvalue weighted by atomic mass is 10.1. The van der Waals surface area contributed by atoms with Crippen LogP contribution in [0.4, 0.5) is 0 Å². The van der Waals surface area contributed by atoms with Crippen molar-refractivity contribution in [2.24, 2.45) is 0 Å². The summed E-state index contributed by atoms with van der Waals surface area (Å²) in [6.45, 7) is 0.249. The molecule has 0 heterocycles. The Kier molecular flexibility index (Phi) is 6.44. The highest BCUT2D eigenvalue weighted by atomic mass is 35.5. The van der Waals surface area contributed by atoms with E-state index in [4.69, 9.17) is 27.9 Å². The molecule has 124 valence electrons. The third kappa shape index (κ3) is 5.19. The number of rotatable bonds is 7. The van der Waals surface area contributed by atoms with Gasteiger partial charge in [0.1, 0.15) is 4.90 Å². The maximum absolute atomic E-state index is 12.5. The van der Waals surface area contributed by atoms with Crippen molar-refractivity contribution in [2.45, 2.75) is 17.4 Å². The van der Waals surface area contributed by atoms with E-state index in [2.05, 4.69) is 4.72 Å². The van der Waals surface area contributed by atoms with Crippen LogP contribution in [-0.4, -0.2) is 28.2 Å². The molecule has 7 heteroatoms. The summed E-state index contributed by atoms with van der Waals surface area (Å²) in [5.41, 5.74) is 1.01. The van der Waals surface area contributed by atoms with Gasteiger partial charge < -0.3 is 4.74 Å². The third-order valence-electron chi connectivity index (χ3n) is 3.20. The first-order valence-electron chi connectivity index (χ1n) is 6.92. The van der Waals surface area contributed by atoms with Gasteiger partial charge >= 0.3 is 0 Å². The topological polar surface area (TPSA) is 55.4 Å². The van der Waals surface area contributed by atoms with E-state index in [9.17, 15) is 8.42 Å². The number of halogens is 2. The second-order valence-corrected chi connectivity index (χ2v) is 7.56. The SMILES string of the molecule is COCC(Cc1ccccc1)NS(=O)(=O)c1ccc(Cl)cc1Cl. The lowest BCUT2D eigenvalue weighted by Gasteiger charge is -2.18. The lowest BCUT2D eigenvalue weighted by Crippen LogP contribution is -2.39. The first kappa shape index (κ1) is 18.2. The number of nitrogens with one attached hydrogen (secondary N) is 1. The Balaban J connectivity index is 2.20. The van der Waals surface area contributed by atoms with Gasteiger partial charge in [0.25, 0.3) is 0 Å². The number of hydrogen-bond acceptors (Lipinski definition) is 3. The number of benzene rings is 2. The fourth-order valence-electron chi connectivity index (χ4n) is 2.21. The average molecular weight is 374 g/mol. The summed E-state index contributed by atoms with van der Waals surface area (Å²) in [4.78, 5) is -0.00210. The van der Waals surface area contributed by atoms with Crippen LogP contribution in [0.5, 0.6) is 0 Å². The van der Waals surface area contributed by atoms with Gasteiger partial charge in [-0.3, -0.25) is 0 Å². The quantitative estimate of drug-likeness (QED) is 0.807. The fourth-order valence-corrected chi connectivity index (χ4v) is 4.20. The van der Waals surface area contributed by atoms with Gasteiger partial charge in [-0.25, -0.2) is 13.1 Å². The summed E-state index contributed by atoms with van der Waals surface area (Å²) >= 11 is 11.8. The van der Waals surface area contributed by atoms with E-state index in [-0.39, 0.29) is 16.5 Å². The normalized spacial score (nSPS) is 13.0. The molecule has 0 aliphatic heterocycles. The Bertz CT molecular complexity index is 751. The van der Waals surface area contributed by atoms with E-state index >= 15 is 0 Å². The first-order chi connectivity index (χ1) is 10.9. The standard InChI is InChI=1S/C16H17Cl2NO3S/c1-22-11-14(9-12-5-3-2-4-6-12)19-23(20,21)16-8-7-13(17)10-15(16)18/h2-8,10,14,19H,9,11H2,1H3. The molecular weight excluding hydrogens is 357 g/mol. The molecule has 4 nitrogen and oxygen atoms in total. The Labute approximate surface area is 146 Å². The minimum Gasteiger partial charge on any atom is -0.383 e. The summed E-state index contributed by atoms with van der Waals surface area (Å²) in [5, 5.41) is 0.465. The van der Waals surface area contributed by atoms with Gasteiger partial charge in [-0.1, -0.05) is 53.5 Å². The Morgan fingerprint density at radius 3 is 2.43 bits per heavy atom. The van der Waals surface area contributed by atoms with Gasteiger partial charge in [0.2, 0.25) is 10.0 Å². The van der Waals surface area contributed by atoms with Crippen molar-refractivity contribution in [3.05, 3.63) is 64.1 Å². The monoisotopic (exact) mass is 373 g/mol. The molecule has 0 spiro atoms. The minimum absolute atomic E-state index is 0.00210. The second kappa shape index (κ2) is 8.13. The molecule has 1 atom stereocenters. The number of hydrogen-bond donors (Lipinski definition) is 1. The highest BCUT2D eigenvalue weighted by molar-refractivity contribution is 7.89. The highest BCUT2D eigenvalue weighted by Gasteiger charge is 2.23. The number of sulfonamides is 1. The minimum atomic E-state index is -3.77. The van der Waals surface area contributed by atoms with Crippen LogP contribution in [0.15, 0.2) is 53.4 Å². The molecule has 0 saturated heterocycles. The van der Waals surface area contributed by atoms with Gasteiger partial charge in [0.15, 0.2) is 0 Å². The van der Waals surface area contributed by atoms with Crippen LogP contribution in [-0.2, 0) is 21.2 Å². The van der Waals surface area contributed by atoms with E-state index in [0.717, 1.165) is 5.56 Å².